The quantitative estimate of drug-likeness (QED) is 0.920. The average molecular weight is 297 g/mol. The number of carbonyl (C=O) groups excluding carboxylic acids is 1. The van der Waals surface area contributed by atoms with E-state index in [1.165, 1.54) is 5.69 Å². The minimum absolute atomic E-state index is 0.0335. The fraction of sp³-hybridized carbons (Fsp3) is 0.444. The Hall–Kier alpha value is -2.10. The molecule has 1 aliphatic carbocycles. The van der Waals surface area contributed by atoms with Crippen molar-refractivity contribution >= 4 is 5.91 Å². The second-order valence-corrected chi connectivity index (χ2v) is 6.04. The lowest BCUT2D eigenvalue weighted by Gasteiger charge is -2.11. The molecule has 1 atom stereocenters. The van der Waals surface area contributed by atoms with E-state index in [-0.39, 0.29) is 11.9 Å². The first-order chi connectivity index (χ1) is 10.7. The monoisotopic (exact) mass is 297 g/mol. The van der Waals surface area contributed by atoms with Crippen LogP contribution < -0.4 is 5.32 Å². The van der Waals surface area contributed by atoms with Crippen molar-refractivity contribution in [2.75, 3.05) is 0 Å². The molecule has 0 fully saturated rings. The molecular formula is C18H23N3O. The van der Waals surface area contributed by atoms with Gasteiger partial charge in [-0.05, 0) is 44.7 Å². The molecule has 116 valence electrons. The van der Waals surface area contributed by atoms with Gasteiger partial charge in [0, 0.05) is 17.3 Å². The molecule has 1 aromatic heterocycles. The summed E-state index contributed by atoms with van der Waals surface area (Å²) >= 11 is 0. The van der Waals surface area contributed by atoms with Crippen LogP contribution >= 0.6 is 0 Å². The van der Waals surface area contributed by atoms with Gasteiger partial charge in [-0.15, -0.1) is 0 Å². The van der Waals surface area contributed by atoms with Crippen LogP contribution in [0, 0.1) is 0 Å². The van der Waals surface area contributed by atoms with Gasteiger partial charge < -0.3 is 5.32 Å². The number of para-hydroxylation sites is 1. The summed E-state index contributed by atoms with van der Waals surface area (Å²) in [7, 11) is 0. The van der Waals surface area contributed by atoms with Crippen molar-refractivity contribution < 1.29 is 4.79 Å². The van der Waals surface area contributed by atoms with Gasteiger partial charge in [0.15, 0.2) is 5.69 Å². The van der Waals surface area contributed by atoms with Crippen LogP contribution in [-0.4, -0.2) is 21.7 Å². The van der Waals surface area contributed by atoms with E-state index in [2.05, 4.69) is 24.3 Å². The lowest BCUT2D eigenvalue weighted by atomic mass is 10.1. The Morgan fingerprint density at radius 3 is 2.82 bits per heavy atom. The van der Waals surface area contributed by atoms with E-state index in [1.807, 2.05) is 35.0 Å². The molecule has 3 rings (SSSR count). The number of hydrogen-bond donors (Lipinski definition) is 1. The van der Waals surface area contributed by atoms with Gasteiger partial charge in [0.2, 0.25) is 0 Å². The second kappa shape index (κ2) is 6.34. The molecule has 1 N–H and O–H groups in total. The van der Waals surface area contributed by atoms with Crippen molar-refractivity contribution in [1.82, 2.24) is 15.1 Å². The summed E-state index contributed by atoms with van der Waals surface area (Å²) in [6.07, 6.45) is 5.11. The van der Waals surface area contributed by atoms with Crippen LogP contribution in [0.4, 0.5) is 0 Å². The van der Waals surface area contributed by atoms with Crippen LogP contribution in [0.2, 0.25) is 0 Å². The van der Waals surface area contributed by atoms with E-state index < -0.39 is 0 Å². The molecule has 0 aliphatic heterocycles. The molecule has 22 heavy (non-hydrogen) atoms. The Kier molecular flexibility index (Phi) is 4.27. The molecule has 0 radical (unpaired) electrons. The minimum Gasteiger partial charge on any atom is -0.348 e. The number of aromatic nitrogens is 2. The predicted molar refractivity (Wildman–Crippen MR) is 87.4 cm³/mol. The standard InChI is InChI=1S/C18H23N3O/c1-3-8-13(2)19-18(22)17-15-11-7-12-16(15)21(20-17)14-9-5-4-6-10-14/h4-6,9-10,13H,3,7-8,11-12H2,1-2H3,(H,19,22)/t13-/m1/s1. The lowest BCUT2D eigenvalue weighted by Crippen LogP contribution is -2.33. The molecule has 1 aliphatic rings. The summed E-state index contributed by atoms with van der Waals surface area (Å²) < 4.78 is 1.95. The van der Waals surface area contributed by atoms with E-state index in [9.17, 15) is 4.79 Å². The predicted octanol–water partition coefficient (Wildman–Crippen LogP) is 3.28. The van der Waals surface area contributed by atoms with Crippen molar-refractivity contribution in [1.29, 1.82) is 0 Å². The first-order valence-electron chi connectivity index (χ1n) is 8.17. The molecule has 1 amide bonds. The number of benzene rings is 1. The Morgan fingerprint density at radius 2 is 2.09 bits per heavy atom. The third-order valence-electron chi connectivity index (χ3n) is 4.25. The highest BCUT2D eigenvalue weighted by atomic mass is 16.2. The van der Waals surface area contributed by atoms with Crippen LogP contribution in [0.5, 0.6) is 0 Å². The first kappa shape index (κ1) is 14.8. The molecule has 1 heterocycles. The zero-order chi connectivity index (χ0) is 15.5. The van der Waals surface area contributed by atoms with Crippen molar-refractivity contribution in [3.05, 3.63) is 47.3 Å². The highest BCUT2D eigenvalue weighted by Crippen LogP contribution is 2.27. The first-order valence-corrected chi connectivity index (χ1v) is 8.17. The number of hydrogen-bond acceptors (Lipinski definition) is 2. The number of nitrogens with one attached hydrogen (secondary N) is 1. The highest BCUT2D eigenvalue weighted by molar-refractivity contribution is 5.94. The average Bonchev–Trinajstić information content (AvgIpc) is 3.10. The topological polar surface area (TPSA) is 46.9 Å². The third kappa shape index (κ3) is 2.78. The normalized spacial score (nSPS) is 14.6. The van der Waals surface area contributed by atoms with E-state index in [0.29, 0.717) is 5.69 Å². The maximum Gasteiger partial charge on any atom is 0.272 e. The van der Waals surface area contributed by atoms with Gasteiger partial charge in [-0.25, -0.2) is 4.68 Å². The molecule has 0 spiro atoms. The molecule has 0 saturated heterocycles. The van der Waals surface area contributed by atoms with Gasteiger partial charge in [-0.3, -0.25) is 4.79 Å². The highest BCUT2D eigenvalue weighted by Gasteiger charge is 2.27. The van der Waals surface area contributed by atoms with Gasteiger partial charge in [0.1, 0.15) is 0 Å². The van der Waals surface area contributed by atoms with E-state index in [4.69, 9.17) is 0 Å². The molecular weight excluding hydrogens is 274 g/mol. The number of carbonyl (C=O) groups is 1. The fourth-order valence-electron chi connectivity index (χ4n) is 3.20. The van der Waals surface area contributed by atoms with Crippen molar-refractivity contribution in [3.63, 3.8) is 0 Å². The molecule has 4 heteroatoms. The Labute approximate surface area is 131 Å². The van der Waals surface area contributed by atoms with Gasteiger partial charge in [0.25, 0.3) is 5.91 Å². The van der Waals surface area contributed by atoms with Crippen molar-refractivity contribution in [2.45, 2.75) is 52.0 Å². The van der Waals surface area contributed by atoms with Gasteiger partial charge in [0.05, 0.1) is 5.69 Å². The van der Waals surface area contributed by atoms with E-state index in [1.54, 1.807) is 0 Å². The van der Waals surface area contributed by atoms with Crippen molar-refractivity contribution in [3.8, 4) is 5.69 Å². The molecule has 1 aromatic carbocycles. The summed E-state index contributed by atoms with van der Waals surface area (Å²) in [5, 5.41) is 7.70. The van der Waals surface area contributed by atoms with Crippen molar-refractivity contribution in [2.24, 2.45) is 0 Å². The lowest BCUT2D eigenvalue weighted by molar-refractivity contribution is 0.0932. The van der Waals surface area contributed by atoms with Crippen LogP contribution in [0.25, 0.3) is 5.69 Å². The van der Waals surface area contributed by atoms with Gasteiger partial charge in [-0.2, -0.15) is 5.10 Å². The Morgan fingerprint density at radius 1 is 1.32 bits per heavy atom. The zero-order valence-electron chi connectivity index (χ0n) is 13.3. The van der Waals surface area contributed by atoms with E-state index in [0.717, 1.165) is 43.4 Å². The maximum absolute atomic E-state index is 12.5. The summed E-state index contributed by atoms with van der Waals surface area (Å²) in [5.74, 6) is -0.0335. The maximum atomic E-state index is 12.5. The Bertz CT molecular complexity index is 660. The fourth-order valence-corrected chi connectivity index (χ4v) is 3.20. The Balaban J connectivity index is 1.92. The molecule has 2 aromatic rings. The smallest absolute Gasteiger partial charge is 0.272 e. The van der Waals surface area contributed by atoms with Crippen LogP contribution in [0.1, 0.15) is 54.9 Å². The van der Waals surface area contributed by atoms with Crippen LogP contribution in [0.15, 0.2) is 30.3 Å². The van der Waals surface area contributed by atoms with Gasteiger partial charge >= 0.3 is 0 Å². The molecule has 0 saturated carbocycles. The number of rotatable bonds is 5. The number of nitrogens with zero attached hydrogens (tertiary/aromatic N) is 2. The molecule has 0 bridgehead atoms. The molecule has 0 unspecified atom stereocenters. The van der Waals surface area contributed by atoms with Gasteiger partial charge in [-0.1, -0.05) is 31.5 Å². The second-order valence-electron chi connectivity index (χ2n) is 6.04. The number of fused-ring (bicyclic) bond motifs is 1. The number of amides is 1. The summed E-state index contributed by atoms with van der Waals surface area (Å²) in [6.45, 7) is 4.18. The minimum atomic E-state index is -0.0335. The summed E-state index contributed by atoms with van der Waals surface area (Å²) in [4.78, 5) is 12.5. The largest absolute Gasteiger partial charge is 0.348 e. The van der Waals surface area contributed by atoms with Crippen LogP contribution in [0.3, 0.4) is 0 Å². The van der Waals surface area contributed by atoms with E-state index >= 15 is 0 Å². The zero-order valence-corrected chi connectivity index (χ0v) is 13.3. The molecule has 4 nitrogen and oxygen atoms in total. The summed E-state index contributed by atoms with van der Waals surface area (Å²) in [5.41, 5.74) is 3.96. The third-order valence-corrected chi connectivity index (χ3v) is 4.25. The van der Waals surface area contributed by atoms with Crippen LogP contribution in [-0.2, 0) is 12.8 Å². The SMILES string of the molecule is CCC[C@@H](C)NC(=O)c1nn(-c2ccccc2)c2c1CCC2. The summed E-state index contributed by atoms with van der Waals surface area (Å²) in [6, 6.07) is 10.3.